The van der Waals surface area contributed by atoms with Gasteiger partial charge >= 0.3 is 5.97 Å². The van der Waals surface area contributed by atoms with Gasteiger partial charge in [-0.15, -0.1) is 0 Å². The van der Waals surface area contributed by atoms with Gasteiger partial charge in [-0.2, -0.15) is 0 Å². The largest absolute Gasteiger partial charge is 0.465 e. The van der Waals surface area contributed by atoms with Crippen LogP contribution >= 0.6 is 15.9 Å². The number of methoxy groups -OCH3 is 1. The SMILES string of the molecule is COC(=O)c1cc(Br)cc2c(C)c(C)oc12. The van der Waals surface area contributed by atoms with Gasteiger partial charge in [0.1, 0.15) is 16.9 Å². The molecule has 4 heteroatoms. The summed E-state index contributed by atoms with van der Waals surface area (Å²) in [7, 11) is 1.36. The molecule has 0 bridgehead atoms. The molecule has 3 nitrogen and oxygen atoms in total. The zero-order valence-electron chi connectivity index (χ0n) is 9.26. The van der Waals surface area contributed by atoms with Crippen LogP contribution in [0.15, 0.2) is 21.0 Å². The maximum absolute atomic E-state index is 11.6. The topological polar surface area (TPSA) is 39.4 Å². The van der Waals surface area contributed by atoms with Crippen molar-refractivity contribution in [2.45, 2.75) is 13.8 Å². The number of hydrogen-bond acceptors (Lipinski definition) is 3. The summed E-state index contributed by atoms with van der Waals surface area (Å²) in [5.74, 6) is 0.429. The first-order chi connectivity index (χ1) is 7.54. The predicted octanol–water partition coefficient (Wildman–Crippen LogP) is 3.60. The summed E-state index contributed by atoms with van der Waals surface area (Å²) in [5.41, 5.74) is 2.08. The molecule has 0 unspecified atom stereocenters. The number of fused-ring (bicyclic) bond motifs is 1. The zero-order valence-corrected chi connectivity index (χ0v) is 10.8. The molecule has 0 amide bonds. The van der Waals surface area contributed by atoms with Crippen LogP contribution in [0.5, 0.6) is 0 Å². The second-order valence-corrected chi connectivity index (χ2v) is 4.52. The van der Waals surface area contributed by atoms with Crippen LogP contribution < -0.4 is 0 Å². The lowest BCUT2D eigenvalue weighted by molar-refractivity contribution is 0.0601. The van der Waals surface area contributed by atoms with Crippen LogP contribution in [0, 0.1) is 13.8 Å². The van der Waals surface area contributed by atoms with Crippen LogP contribution in [-0.2, 0) is 4.74 Å². The number of halogens is 1. The molecule has 0 saturated carbocycles. The first-order valence-electron chi connectivity index (χ1n) is 4.82. The zero-order chi connectivity index (χ0) is 11.9. The number of esters is 1. The molecule has 1 heterocycles. The Morgan fingerprint density at radius 2 is 2.06 bits per heavy atom. The third kappa shape index (κ3) is 1.63. The van der Waals surface area contributed by atoms with Crippen molar-refractivity contribution in [3.8, 4) is 0 Å². The Labute approximate surface area is 102 Å². The van der Waals surface area contributed by atoms with Gasteiger partial charge in [-0.25, -0.2) is 4.79 Å². The van der Waals surface area contributed by atoms with Gasteiger partial charge in [0, 0.05) is 9.86 Å². The molecular formula is C12H11BrO3. The van der Waals surface area contributed by atoms with E-state index in [1.807, 2.05) is 19.9 Å². The molecule has 84 valence electrons. The van der Waals surface area contributed by atoms with E-state index < -0.39 is 0 Å². The lowest BCUT2D eigenvalue weighted by Gasteiger charge is -2.01. The van der Waals surface area contributed by atoms with E-state index in [2.05, 4.69) is 15.9 Å². The van der Waals surface area contributed by atoms with Crippen LogP contribution in [0.3, 0.4) is 0 Å². The van der Waals surface area contributed by atoms with E-state index in [1.54, 1.807) is 6.07 Å². The Hall–Kier alpha value is -1.29. The fraction of sp³-hybridized carbons (Fsp3) is 0.250. The third-order valence-corrected chi connectivity index (χ3v) is 3.10. The Morgan fingerprint density at radius 1 is 1.38 bits per heavy atom. The monoisotopic (exact) mass is 282 g/mol. The van der Waals surface area contributed by atoms with Crippen molar-refractivity contribution in [2.24, 2.45) is 0 Å². The molecular weight excluding hydrogens is 272 g/mol. The summed E-state index contributed by atoms with van der Waals surface area (Å²) < 4.78 is 11.2. The van der Waals surface area contributed by atoms with E-state index in [1.165, 1.54) is 7.11 Å². The molecule has 2 rings (SSSR count). The van der Waals surface area contributed by atoms with E-state index in [0.29, 0.717) is 11.1 Å². The Balaban J connectivity index is 2.83. The van der Waals surface area contributed by atoms with Gasteiger partial charge in [0.25, 0.3) is 0 Å². The van der Waals surface area contributed by atoms with Crippen molar-refractivity contribution in [1.82, 2.24) is 0 Å². The first-order valence-corrected chi connectivity index (χ1v) is 5.61. The third-order valence-electron chi connectivity index (χ3n) is 2.65. The van der Waals surface area contributed by atoms with Crippen molar-refractivity contribution in [3.63, 3.8) is 0 Å². The molecule has 1 aromatic heterocycles. The van der Waals surface area contributed by atoms with Crippen LogP contribution in [0.4, 0.5) is 0 Å². The smallest absolute Gasteiger partial charge is 0.341 e. The average molecular weight is 283 g/mol. The second-order valence-electron chi connectivity index (χ2n) is 3.60. The van der Waals surface area contributed by atoms with Gasteiger partial charge in [0.05, 0.1) is 7.11 Å². The maximum Gasteiger partial charge on any atom is 0.341 e. The number of benzene rings is 1. The van der Waals surface area contributed by atoms with E-state index >= 15 is 0 Å². The average Bonchev–Trinajstić information content (AvgIpc) is 2.54. The van der Waals surface area contributed by atoms with Crippen LogP contribution in [0.1, 0.15) is 21.7 Å². The minimum atomic E-state index is -0.389. The summed E-state index contributed by atoms with van der Waals surface area (Å²) in [5, 5.41) is 0.937. The maximum atomic E-state index is 11.6. The normalized spacial score (nSPS) is 10.8. The molecule has 0 aliphatic rings. The summed E-state index contributed by atoms with van der Waals surface area (Å²) in [6, 6.07) is 3.64. The van der Waals surface area contributed by atoms with Crippen molar-refractivity contribution in [3.05, 3.63) is 33.5 Å². The lowest BCUT2D eigenvalue weighted by Crippen LogP contribution is -2.01. The van der Waals surface area contributed by atoms with Gasteiger partial charge in [0.2, 0.25) is 0 Å². The number of ether oxygens (including phenoxy) is 1. The lowest BCUT2D eigenvalue weighted by atomic mass is 10.1. The van der Waals surface area contributed by atoms with E-state index in [9.17, 15) is 4.79 Å². The minimum Gasteiger partial charge on any atom is -0.465 e. The highest BCUT2D eigenvalue weighted by molar-refractivity contribution is 9.10. The Bertz CT molecular complexity index is 569. The fourth-order valence-electron chi connectivity index (χ4n) is 1.66. The highest BCUT2D eigenvalue weighted by Gasteiger charge is 2.17. The molecule has 0 aliphatic heterocycles. The summed E-state index contributed by atoms with van der Waals surface area (Å²) >= 11 is 3.37. The predicted molar refractivity (Wildman–Crippen MR) is 64.7 cm³/mol. The molecule has 0 saturated heterocycles. The number of rotatable bonds is 1. The number of aryl methyl sites for hydroxylation is 2. The minimum absolute atomic E-state index is 0.389. The van der Waals surface area contributed by atoms with E-state index in [0.717, 1.165) is 21.2 Å². The van der Waals surface area contributed by atoms with Gasteiger partial charge in [0.15, 0.2) is 0 Å². The quantitative estimate of drug-likeness (QED) is 0.751. The van der Waals surface area contributed by atoms with Crippen molar-refractivity contribution in [1.29, 1.82) is 0 Å². The number of carbonyl (C=O) groups is 1. The second kappa shape index (κ2) is 3.94. The van der Waals surface area contributed by atoms with Crippen molar-refractivity contribution in [2.75, 3.05) is 7.11 Å². The van der Waals surface area contributed by atoms with Gasteiger partial charge < -0.3 is 9.15 Å². The molecule has 0 N–H and O–H groups in total. The van der Waals surface area contributed by atoms with Crippen LogP contribution in [0.2, 0.25) is 0 Å². The summed E-state index contributed by atoms with van der Waals surface area (Å²) in [4.78, 5) is 11.6. The Morgan fingerprint density at radius 3 is 2.69 bits per heavy atom. The highest BCUT2D eigenvalue weighted by Crippen LogP contribution is 2.31. The highest BCUT2D eigenvalue weighted by atomic mass is 79.9. The van der Waals surface area contributed by atoms with Gasteiger partial charge in [-0.1, -0.05) is 15.9 Å². The molecule has 1 aromatic carbocycles. The number of carbonyl (C=O) groups excluding carboxylic acids is 1. The first kappa shape index (κ1) is 11.2. The van der Waals surface area contributed by atoms with E-state index in [-0.39, 0.29) is 5.97 Å². The standard InChI is InChI=1S/C12H11BrO3/c1-6-7(2)16-11-9(6)4-8(13)5-10(11)12(14)15-3/h4-5H,1-3H3. The number of hydrogen-bond donors (Lipinski definition) is 0. The molecule has 16 heavy (non-hydrogen) atoms. The molecule has 0 spiro atoms. The molecule has 0 radical (unpaired) electrons. The molecule has 0 aliphatic carbocycles. The van der Waals surface area contributed by atoms with Gasteiger partial charge in [-0.05, 0) is 31.5 Å². The molecule has 2 aromatic rings. The Kier molecular flexibility index (Phi) is 2.76. The van der Waals surface area contributed by atoms with E-state index in [4.69, 9.17) is 9.15 Å². The summed E-state index contributed by atoms with van der Waals surface area (Å²) in [6.45, 7) is 3.85. The van der Waals surface area contributed by atoms with Crippen LogP contribution in [0.25, 0.3) is 11.0 Å². The molecule has 0 fully saturated rings. The molecule has 0 atom stereocenters. The van der Waals surface area contributed by atoms with Crippen LogP contribution in [-0.4, -0.2) is 13.1 Å². The van der Waals surface area contributed by atoms with Crippen molar-refractivity contribution >= 4 is 32.9 Å². The van der Waals surface area contributed by atoms with Gasteiger partial charge in [-0.3, -0.25) is 0 Å². The fourth-order valence-corrected chi connectivity index (χ4v) is 2.12. The van der Waals surface area contributed by atoms with Crippen molar-refractivity contribution < 1.29 is 13.9 Å². The number of furan rings is 1. The summed E-state index contributed by atoms with van der Waals surface area (Å²) in [6.07, 6.45) is 0.